The summed E-state index contributed by atoms with van der Waals surface area (Å²) in [5.74, 6) is 1.38. The molecule has 0 aromatic heterocycles. The lowest BCUT2D eigenvalue weighted by Crippen LogP contribution is -2.50. The molecule has 1 aromatic carbocycles. The standard InChI is InChI=1S/C22H36O2Si/c1-8-11-20-21(14-18-12-9-10-13-19(18)22(20)23)24-25(15(2)3,16(4)5)17(6)7/h8,14-17,23H,1,9-13H2,2-7H3. The third-order valence-corrected chi connectivity index (χ3v) is 12.0. The number of aryl methyl sites for hydroxylation is 1. The molecule has 0 saturated carbocycles. The van der Waals surface area contributed by atoms with Crippen LogP contribution in [0, 0.1) is 0 Å². The highest BCUT2D eigenvalue weighted by Gasteiger charge is 2.47. The van der Waals surface area contributed by atoms with Crippen LogP contribution in [0.4, 0.5) is 0 Å². The van der Waals surface area contributed by atoms with Crippen molar-refractivity contribution in [1.29, 1.82) is 0 Å². The first-order valence-corrected chi connectivity index (χ1v) is 12.1. The molecule has 1 aromatic rings. The van der Waals surface area contributed by atoms with Gasteiger partial charge >= 0.3 is 0 Å². The number of benzene rings is 1. The minimum atomic E-state index is -2.04. The third-order valence-electron chi connectivity index (χ3n) is 6.03. The Balaban J connectivity index is 2.60. The fourth-order valence-corrected chi connectivity index (χ4v) is 10.1. The van der Waals surface area contributed by atoms with Gasteiger partial charge in [0.1, 0.15) is 11.5 Å². The van der Waals surface area contributed by atoms with Crippen molar-refractivity contribution in [3.63, 3.8) is 0 Å². The summed E-state index contributed by atoms with van der Waals surface area (Å²) in [6.45, 7) is 17.7. The van der Waals surface area contributed by atoms with E-state index in [4.69, 9.17) is 4.43 Å². The summed E-state index contributed by atoms with van der Waals surface area (Å²) < 4.78 is 6.95. The zero-order chi connectivity index (χ0) is 18.8. The van der Waals surface area contributed by atoms with E-state index in [1.807, 2.05) is 6.08 Å². The largest absolute Gasteiger partial charge is 0.542 e. The van der Waals surface area contributed by atoms with Crippen LogP contribution in [0.1, 0.15) is 71.1 Å². The zero-order valence-corrected chi connectivity index (χ0v) is 18.0. The van der Waals surface area contributed by atoms with Crippen LogP contribution < -0.4 is 4.43 Å². The zero-order valence-electron chi connectivity index (χ0n) is 17.0. The van der Waals surface area contributed by atoms with E-state index in [2.05, 4.69) is 54.2 Å². The summed E-state index contributed by atoms with van der Waals surface area (Å²) >= 11 is 0. The van der Waals surface area contributed by atoms with Gasteiger partial charge in [-0.15, -0.1) is 6.58 Å². The highest BCUT2D eigenvalue weighted by atomic mass is 28.4. The van der Waals surface area contributed by atoms with Gasteiger partial charge in [-0.1, -0.05) is 47.6 Å². The van der Waals surface area contributed by atoms with Gasteiger partial charge in [0, 0.05) is 5.56 Å². The fraction of sp³-hybridized carbons (Fsp3) is 0.636. The topological polar surface area (TPSA) is 29.5 Å². The van der Waals surface area contributed by atoms with E-state index in [0.717, 1.165) is 36.1 Å². The molecule has 0 heterocycles. The van der Waals surface area contributed by atoms with E-state index in [-0.39, 0.29) is 0 Å². The number of aromatic hydroxyl groups is 1. The van der Waals surface area contributed by atoms with Crippen LogP contribution in [0.15, 0.2) is 18.7 Å². The van der Waals surface area contributed by atoms with Gasteiger partial charge in [0.25, 0.3) is 8.32 Å². The molecule has 0 amide bonds. The Labute approximate surface area is 155 Å². The van der Waals surface area contributed by atoms with Gasteiger partial charge in [-0.25, -0.2) is 0 Å². The second-order valence-electron chi connectivity index (χ2n) is 8.46. The maximum absolute atomic E-state index is 10.9. The molecule has 0 atom stereocenters. The number of fused-ring (bicyclic) bond motifs is 1. The second-order valence-corrected chi connectivity index (χ2v) is 13.8. The van der Waals surface area contributed by atoms with Gasteiger partial charge in [0.2, 0.25) is 0 Å². The van der Waals surface area contributed by atoms with E-state index in [0.29, 0.717) is 28.8 Å². The molecule has 0 aliphatic heterocycles. The molecule has 0 fully saturated rings. The minimum absolute atomic E-state index is 0.464. The summed E-state index contributed by atoms with van der Waals surface area (Å²) in [6, 6.07) is 2.24. The molecule has 3 heteroatoms. The highest BCUT2D eigenvalue weighted by Crippen LogP contribution is 2.46. The van der Waals surface area contributed by atoms with Gasteiger partial charge in [0.05, 0.1) is 0 Å². The van der Waals surface area contributed by atoms with Crippen LogP contribution in [0.3, 0.4) is 0 Å². The Hall–Kier alpha value is -1.22. The average Bonchev–Trinajstić information content (AvgIpc) is 2.54. The van der Waals surface area contributed by atoms with E-state index >= 15 is 0 Å². The van der Waals surface area contributed by atoms with Gasteiger partial charge in [-0.05, 0) is 65.9 Å². The van der Waals surface area contributed by atoms with Crippen molar-refractivity contribution >= 4 is 8.32 Å². The van der Waals surface area contributed by atoms with Crippen molar-refractivity contribution in [3.8, 4) is 11.5 Å². The lowest BCUT2D eigenvalue weighted by atomic mass is 9.88. The Kier molecular flexibility index (Phi) is 6.42. The number of allylic oxidation sites excluding steroid dienone is 1. The lowest BCUT2D eigenvalue weighted by molar-refractivity contribution is 0.437. The summed E-state index contributed by atoms with van der Waals surface area (Å²) in [5.41, 5.74) is 4.91. The number of phenolic OH excluding ortho intramolecular Hbond substituents is 1. The Morgan fingerprint density at radius 3 is 2.16 bits per heavy atom. The van der Waals surface area contributed by atoms with Crippen molar-refractivity contribution in [1.82, 2.24) is 0 Å². The first kappa shape index (κ1) is 20.1. The van der Waals surface area contributed by atoms with E-state index < -0.39 is 8.32 Å². The Morgan fingerprint density at radius 2 is 1.64 bits per heavy atom. The van der Waals surface area contributed by atoms with Crippen LogP contribution >= 0.6 is 0 Å². The van der Waals surface area contributed by atoms with E-state index in [1.165, 1.54) is 12.0 Å². The minimum Gasteiger partial charge on any atom is -0.542 e. The first-order valence-electron chi connectivity index (χ1n) is 9.92. The number of phenols is 1. The van der Waals surface area contributed by atoms with Crippen molar-refractivity contribution in [2.45, 2.75) is 90.3 Å². The molecule has 0 spiro atoms. The predicted octanol–water partition coefficient (Wildman–Crippen LogP) is 6.55. The fourth-order valence-electron chi connectivity index (χ4n) is 4.88. The number of rotatable bonds is 7. The first-order chi connectivity index (χ1) is 11.8. The number of hydrogen-bond donors (Lipinski definition) is 1. The van der Waals surface area contributed by atoms with Gasteiger partial charge in [-0.3, -0.25) is 0 Å². The normalized spacial score (nSPS) is 14.9. The molecule has 0 saturated heterocycles. The van der Waals surface area contributed by atoms with Crippen molar-refractivity contribution in [3.05, 3.63) is 35.4 Å². The molecule has 2 rings (SSSR count). The van der Waals surface area contributed by atoms with Crippen LogP contribution in [0.25, 0.3) is 0 Å². The predicted molar refractivity (Wildman–Crippen MR) is 110 cm³/mol. The average molecular weight is 361 g/mol. The number of hydrogen-bond acceptors (Lipinski definition) is 2. The molecule has 2 nitrogen and oxygen atoms in total. The third kappa shape index (κ3) is 3.67. The summed E-state index contributed by atoms with van der Waals surface area (Å²) in [7, 11) is -2.04. The SMILES string of the molecule is C=CCc1c(O[Si](C(C)C)(C(C)C)C(C)C)cc2c(c1O)CCCC2. The van der Waals surface area contributed by atoms with Crippen LogP contribution in [-0.4, -0.2) is 13.4 Å². The summed E-state index contributed by atoms with van der Waals surface area (Å²) in [5, 5.41) is 10.9. The van der Waals surface area contributed by atoms with E-state index in [9.17, 15) is 5.11 Å². The maximum Gasteiger partial charge on any atom is 0.258 e. The molecular weight excluding hydrogens is 324 g/mol. The molecule has 1 aliphatic rings. The smallest absolute Gasteiger partial charge is 0.258 e. The Bertz CT molecular complexity index is 595. The van der Waals surface area contributed by atoms with Crippen molar-refractivity contribution in [2.24, 2.45) is 0 Å². The lowest BCUT2D eigenvalue weighted by Gasteiger charge is -2.43. The van der Waals surface area contributed by atoms with Gasteiger partial charge < -0.3 is 9.53 Å². The molecule has 1 N–H and O–H groups in total. The summed E-state index contributed by atoms with van der Waals surface area (Å²) in [4.78, 5) is 0. The molecule has 1 aliphatic carbocycles. The Morgan fingerprint density at radius 1 is 1.08 bits per heavy atom. The molecule has 140 valence electrons. The molecule has 25 heavy (non-hydrogen) atoms. The molecule has 0 unspecified atom stereocenters. The monoisotopic (exact) mass is 360 g/mol. The molecular formula is C22H36O2Si. The van der Waals surface area contributed by atoms with Gasteiger partial charge in [-0.2, -0.15) is 0 Å². The highest BCUT2D eigenvalue weighted by molar-refractivity contribution is 6.78. The van der Waals surface area contributed by atoms with Gasteiger partial charge in [0.15, 0.2) is 0 Å². The molecule has 0 bridgehead atoms. The maximum atomic E-state index is 10.9. The summed E-state index contributed by atoms with van der Waals surface area (Å²) in [6.07, 6.45) is 6.93. The van der Waals surface area contributed by atoms with Crippen molar-refractivity contribution < 1.29 is 9.53 Å². The van der Waals surface area contributed by atoms with Crippen LogP contribution in [0.2, 0.25) is 16.6 Å². The molecule has 0 radical (unpaired) electrons. The quantitative estimate of drug-likeness (QED) is 0.441. The second kappa shape index (κ2) is 7.99. The van der Waals surface area contributed by atoms with Crippen LogP contribution in [-0.2, 0) is 19.3 Å². The van der Waals surface area contributed by atoms with Crippen LogP contribution in [0.5, 0.6) is 11.5 Å². The van der Waals surface area contributed by atoms with E-state index in [1.54, 1.807) is 0 Å². The van der Waals surface area contributed by atoms with Crippen molar-refractivity contribution in [2.75, 3.05) is 0 Å².